The van der Waals surface area contributed by atoms with Crippen LogP contribution in [0.25, 0.3) is 0 Å². The third kappa shape index (κ3) is 1.03. The number of aliphatic hydroxyl groups is 1. The molecule has 3 saturated carbocycles. The van der Waals surface area contributed by atoms with E-state index in [9.17, 15) is 5.11 Å². The molecule has 1 spiro atoms. The molecule has 4 unspecified atom stereocenters. The smallest absolute Gasteiger partial charge is 0.0872 e. The van der Waals surface area contributed by atoms with Gasteiger partial charge in [-0.1, -0.05) is 18.2 Å². The average molecular weight is 229 g/mol. The maximum atomic E-state index is 10.9. The molecule has 0 radical (unpaired) electrons. The van der Waals surface area contributed by atoms with Crippen LogP contribution in [0.15, 0.2) is 23.8 Å². The van der Waals surface area contributed by atoms with Crippen molar-refractivity contribution >= 4 is 5.71 Å². The second-order valence-corrected chi connectivity index (χ2v) is 6.40. The predicted molar refractivity (Wildman–Crippen MR) is 67.0 cm³/mol. The average Bonchev–Trinajstić information content (AvgIpc) is 2.65. The first-order chi connectivity index (χ1) is 8.16. The maximum absolute atomic E-state index is 10.9. The van der Waals surface area contributed by atoms with Crippen LogP contribution >= 0.6 is 0 Å². The lowest BCUT2D eigenvalue weighted by molar-refractivity contribution is -0.0145. The van der Waals surface area contributed by atoms with Gasteiger partial charge in [0.05, 0.1) is 5.60 Å². The van der Waals surface area contributed by atoms with E-state index in [0.29, 0.717) is 17.3 Å². The van der Waals surface area contributed by atoms with Crippen LogP contribution in [0.1, 0.15) is 38.5 Å². The molecular formula is C15H19NO. The van der Waals surface area contributed by atoms with Crippen LogP contribution in [0.5, 0.6) is 0 Å². The van der Waals surface area contributed by atoms with Crippen LogP contribution in [-0.4, -0.2) is 16.4 Å². The quantitative estimate of drug-likeness (QED) is 0.713. The number of nitrogens with one attached hydrogen (secondary N) is 1. The van der Waals surface area contributed by atoms with Gasteiger partial charge in [-0.2, -0.15) is 0 Å². The molecule has 2 heteroatoms. The highest BCUT2D eigenvalue weighted by Crippen LogP contribution is 2.72. The fourth-order valence-electron chi connectivity index (χ4n) is 4.84. The van der Waals surface area contributed by atoms with Crippen molar-refractivity contribution in [3.8, 4) is 0 Å². The van der Waals surface area contributed by atoms with Crippen LogP contribution in [0.4, 0.5) is 0 Å². The fraction of sp³-hybridized carbons (Fsp3) is 0.667. The largest absolute Gasteiger partial charge is 0.385 e. The third-order valence-corrected chi connectivity index (χ3v) is 5.81. The summed E-state index contributed by atoms with van der Waals surface area (Å²) in [5.74, 6) is 0.930. The molecule has 4 atom stereocenters. The zero-order valence-electron chi connectivity index (χ0n) is 10.1. The van der Waals surface area contributed by atoms with Crippen LogP contribution in [-0.2, 0) is 0 Å². The molecule has 2 N–H and O–H groups in total. The molecule has 0 aromatic rings. The van der Waals surface area contributed by atoms with Gasteiger partial charge >= 0.3 is 0 Å². The molecule has 2 nitrogen and oxygen atoms in total. The summed E-state index contributed by atoms with van der Waals surface area (Å²) in [5.41, 5.74) is 1.92. The molecule has 4 rings (SSSR count). The first-order valence-electron chi connectivity index (χ1n) is 6.83. The zero-order chi connectivity index (χ0) is 11.7. The van der Waals surface area contributed by atoms with Crippen molar-refractivity contribution in [1.29, 1.82) is 5.41 Å². The van der Waals surface area contributed by atoms with Crippen molar-refractivity contribution in [3.05, 3.63) is 23.8 Å². The fourth-order valence-corrected chi connectivity index (χ4v) is 4.84. The van der Waals surface area contributed by atoms with Gasteiger partial charge in [0, 0.05) is 17.5 Å². The molecule has 0 amide bonds. The van der Waals surface area contributed by atoms with E-state index in [1.54, 1.807) is 0 Å². The van der Waals surface area contributed by atoms with E-state index in [2.05, 4.69) is 18.2 Å². The summed E-state index contributed by atoms with van der Waals surface area (Å²) in [6, 6.07) is 0. The van der Waals surface area contributed by atoms with Crippen LogP contribution in [0, 0.1) is 22.7 Å². The van der Waals surface area contributed by atoms with Gasteiger partial charge in [0.15, 0.2) is 0 Å². The van der Waals surface area contributed by atoms with Crippen molar-refractivity contribution in [3.63, 3.8) is 0 Å². The first kappa shape index (κ1) is 10.1. The lowest BCUT2D eigenvalue weighted by Crippen LogP contribution is -2.60. The van der Waals surface area contributed by atoms with E-state index in [1.165, 1.54) is 18.4 Å². The SMILES string of the molecule is N=C1C2CCC23CC(O)(C2=CC=CCC2)CC13. The third-order valence-electron chi connectivity index (χ3n) is 5.81. The topological polar surface area (TPSA) is 44.1 Å². The van der Waals surface area contributed by atoms with Gasteiger partial charge in [-0.05, 0) is 49.5 Å². The Hall–Kier alpha value is -0.890. The molecule has 0 bridgehead atoms. The molecule has 0 heterocycles. The van der Waals surface area contributed by atoms with E-state index in [1.807, 2.05) is 0 Å². The van der Waals surface area contributed by atoms with Crippen molar-refractivity contribution in [2.75, 3.05) is 0 Å². The van der Waals surface area contributed by atoms with E-state index < -0.39 is 5.60 Å². The molecule has 4 aliphatic rings. The summed E-state index contributed by atoms with van der Waals surface area (Å²) in [4.78, 5) is 0. The van der Waals surface area contributed by atoms with Crippen LogP contribution in [0.3, 0.4) is 0 Å². The van der Waals surface area contributed by atoms with Crippen molar-refractivity contribution in [2.45, 2.75) is 44.1 Å². The van der Waals surface area contributed by atoms with Crippen molar-refractivity contribution in [1.82, 2.24) is 0 Å². The molecule has 0 aromatic carbocycles. The molecule has 17 heavy (non-hydrogen) atoms. The highest BCUT2D eigenvalue weighted by atomic mass is 16.3. The Morgan fingerprint density at radius 3 is 2.82 bits per heavy atom. The Labute approximate surface area is 102 Å². The minimum Gasteiger partial charge on any atom is -0.385 e. The van der Waals surface area contributed by atoms with E-state index in [4.69, 9.17) is 5.41 Å². The molecule has 4 aliphatic carbocycles. The predicted octanol–water partition coefficient (Wildman–Crippen LogP) is 2.83. The monoisotopic (exact) mass is 229 g/mol. The molecule has 3 fully saturated rings. The second-order valence-electron chi connectivity index (χ2n) is 6.40. The molecule has 0 aromatic heterocycles. The lowest BCUT2D eigenvalue weighted by Gasteiger charge is -2.61. The summed E-state index contributed by atoms with van der Waals surface area (Å²) in [6.07, 6.45) is 12.6. The molecule has 0 aliphatic heterocycles. The number of hydrogen-bond acceptors (Lipinski definition) is 2. The van der Waals surface area contributed by atoms with Crippen LogP contribution in [0.2, 0.25) is 0 Å². The zero-order valence-corrected chi connectivity index (χ0v) is 10.1. The Balaban J connectivity index is 1.67. The highest BCUT2D eigenvalue weighted by molar-refractivity contribution is 5.96. The van der Waals surface area contributed by atoms with Gasteiger partial charge in [-0.3, -0.25) is 0 Å². The Kier molecular flexibility index (Phi) is 1.73. The minimum atomic E-state index is -0.586. The number of rotatable bonds is 1. The second kappa shape index (κ2) is 2.92. The van der Waals surface area contributed by atoms with Gasteiger partial charge in [0.25, 0.3) is 0 Å². The van der Waals surface area contributed by atoms with E-state index in [0.717, 1.165) is 31.4 Å². The highest BCUT2D eigenvalue weighted by Gasteiger charge is 2.71. The van der Waals surface area contributed by atoms with E-state index in [-0.39, 0.29) is 0 Å². The normalized spacial score (nSPS) is 51.1. The number of allylic oxidation sites excluding steroid dienone is 3. The van der Waals surface area contributed by atoms with Crippen LogP contribution < -0.4 is 0 Å². The Morgan fingerprint density at radius 2 is 2.24 bits per heavy atom. The Morgan fingerprint density at radius 1 is 1.35 bits per heavy atom. The molecule has 90 valence electrons. The van der Waals surface area contributed by atoms with Gasteiger partial charge < -0.3 is 10.5 Å². The summed E-state index contributed by atoms with van der Waals surface area (Å²) >= 11 is 0. The Bertz CT molecular complexity index is 464. The van der Waals surface area contributed by atoms with Gasteiger partial charge in [-0.25, -0.2) is 0 Å². The number of hydrogen-bond donors (Lipinski definition) is 2. The molecule has 0 saturated heterocycles. The van der Waals surface area contributed by atoms with Crippen molar-refractivity contribution < 1.29 is 5.11 Å². The van der Waals surface area contributed by atoms with Crippen molar-refractivity contribution in [2.24, 2.45) is 17.3 Å². The standard InChI is InChI=1S/C15H19NO/c16-13-11-6-7-14(11)9-15(17,8-12(13)14)10-4-2-1-3-5-10/h1-2,4,11-12,16-17H,3,5-9H2. The lowest BCUT2D eigenvalue weighted by atomic mass is 9.42. The summed E-state index contributed by atoms with van der Waals surface area (Å²) in [6.45, 7) is 0. The summed E-state index contributed by atoms with van der Waals surface area (Å²) in [7, 11) is 0. The summed E-state index contributed by atoms with van der Waals surface area (Å²) in [5, 5.41) is 19.0. The van der Waals surface area contributed by atoms with E-state index >= 15 is 0 Å². The van der Waals surface area contributed by atoms with Gasteiger partial charge in [0.1, 0.15) is 0 Å². The molecular weight excluding hydrogens is 210 g/mol. The first-order valence-corrected chi connectivity index (χ1v) is 6.83. The summed E-state index contributed by atoms with van der Waals surface area (Å²) < 4.78 is 0. The maximum Gasteiger partial charge on any atom is 0.0872 e. The van der Waals surface area contributed by atoms with Gasteiger partial charge in [0.2, 0.25) is 0 Å². The minimum absolute atomic E-state index is 0.341. The van der Waals surface area contributed by atoms with Gasteiger partial charge in [-0.15, -0.1) is 0 Å².